The van der Waals surface area contributed by atoms with Gasteiger partial charge in [-0.2, -0.15) is 0 Å². The Morgan fingerprint density at radius 1 is 1.47 bits per heavy atom. The van der Waals surface area contributed by atoms with Crippen LogP contribution in [0.1, 0.15) is 10.4 Å². The number of carbonyl (C=O) groups excluding carboxylic acids is 1. The molecule has 0 aliphatic carbocycles. The molecule has 0 heterocycles. The number of methoxy groups -OCH3 is 1. The van der Waals surface area contributed by atoms with Crippen LogP contribution in [-0.2, 0) is 0 Å². The summed E-state index contributed by atoms with van der Waals surface area (Å²) in [5.41, 5.74) is 9.17. The molecule has 0 atom stereocenters. The monoisotopic (exact) mass is 209 g/mol. The fraction of sp³-hybridized carbons (Fsp3) is 0.300. The van der Waals surface area contributed by atoms with Gasteiger partial charge in [0.2, 0.25) is 0 Å². The molecule has 0 saturated carbocycles. The molecule has 82 valence electrons. The van der Waals surface area contributed by atoms with Crippen LogP contribution in [0.25, 0.3) is 0 Å². The maximum atomic E-state index is 11.7. The molecule has 0 aromatic heterocycles. The van der Waals surface area contributed by atoms with Crippen molar-refractivity contribution < 1.29 is 9.53 Å². The first-order valence-corrected chi connectivity index (χ1v) is 4.46. The second-order valence-electron chi connectivity index (χ2n) is 3.30. The van der Waals surface area contributed by atoms with E-state index in [1.165, 1.54) is 7.11 Å². The van der Waals surface area contributed by atoms with E-state index >= 15 is 0 Å². The Hall–Kier alpha value is -1.75. The molecule has 1 rings (SSSR count). The van der Waals surface area contributed by atoms with Crippen LogP contribution >= 0.6 is 0 Å². The first-order valence-electron chi connectivity index (χ1n) is 4.46. The lowest BCUT2D eigenvalue weighted by Crippen LogP contribution is -2.36. The van der Waals surface area contributed by atoms with Crippen molar-refractivity contribution in [2.24, 2.45) is 0 Å². The number of amides is 1. The Labute approximate surface area is 88.8 Å². The van der Waals surface area contributed by atoms with Crippen LogP contribution in [0, 0.1) is 0 Å². The van der Waals surface area contributed by atoms with Crippen molar-refractivity contribution in [1.82, 2.24) is 10.4 Å². The van der Waals surface area contributed by atoms with Crippen LogP contribution < -0.4 is 15.9 Å². The lowest BCUT2D eigenvalue weighted by Gasteiger charge is -2.14. The molecule has 15 heavy (non-hydrogen) atoms. The fourth-order valence-electron chi connectivity index (χ4n) is 1.17. The number of hydrogen-bond donors (Lipinski definition) is 2. The quantitative estimate of drug-likeness (QED) is 0.561. The third kappa shape index (κ3) is 2.85. The number of benzene rings is 1. The first-order chi connectivity index (χ1) is 7.04. The number of nitrogens with zero attached hydrogens (tertiary/aromatic N) is 1. The van der Waals surface area contributed by atoms with E-state index in [2.05, 4.69) is 5.43 Å². The second kappa shape index (κ2) is 4.65. The van der Waals surface area contributed by atoms with Gasteiger partial charge in [0.1, 0.15) is 5.75 Å². The van der Waals surface area contributed by atoms with Crippen molar-refractivity contribution in [1.29, 1.82) is 0 Å². The number of rotatable bonds is 3. The van der Waals surface area contributed by atoms with E-state index in [0.717, 1.165) is 0 Å². The zero-order valence-electron chi connectivity index (χ0n) is 9.07. The molecule has 0 unspecified atom stereocenters. The highest BCUT2D eigenvalue weighted by molar-refractivity contribution is 5.97. The van der Waals surface area contributed by atoms with E-state index in [0.29, 0.717) is 17.0 Å². The maximum absolute atomic E-state index is 11.7. The molecule has 5 nitrogen and oxygen atoms in total. The summed E-state index contributed by atoms with van der Waals surface area (Å²) in [5.74, 6) is 0.257. The van der Waals surface area contributed by atoms with Gasteiger partial charge in [-0.05, 0) is 18.2 Å². The Morgan fingerprint density at radius 3 is 2.67 bits per heavy atom. The lowest BCUT2D eigenvalue weighted by atomic mass is 10.1. The number of anilines is 1. The normalized spacial score (nSPS) is 10.1. The van der Waals surface area contributed by atoms with Gasteiger partial charge in [-0.15, -0.1) is 0 Å². The highest BCUT2D eigenvalue weighted by Gasteiger charge is 2.12. The maximum Gasteiger partial charge on any atom is 0.269 e. The van der Waals surface area contributed by atoms with Gasteiger partial charge in [-0.1, -0.05) is 0 Å². The first kappa shape index (κ1) is 11.3. The van der Waals surface area contributed by atoms with E-state index in [1.807, 2.05) is 0 Å². The molecule has 0 radical (unpaired) electrons. The van der Waals surface area contributed by atoms with Crippen LogP contribution in [0.2, 0.25) is 0 Å². The predicted molar refractivity (Wildman–Crippen MR) is 58.6 cm³/mol. The van der Waals surface area contributed by atoms with Crippen LogP contribution in [-0.4, -0.2) is 32.1 Å². The van der Waals surface area contributed by atoms with Crippen molar-refractivity contribution in [2.45, 2.75) is 0 Å². The van der Waals surface area contributed by atoms with Crippen LogP contribution in [0.3, 0.4) is 0 Å². The molecule has 0 spiro atoms. The van der Waals surface area contributed by atoms with Gasteiger partial charge in [-0.3, -0.25) is 10.2 Å². The van der Waals surface area contributed by atoms with Gasteiger partial charge in [0, 0.05) is 19.8 Å². The van der Waals surface area contributed by atoms with Crippen LogP contribution in [0.4, 0.5) is 5.69 Å². The standard InChI is InChI=1S/C10H15N3O2/c1-13(2)12-10(14)8-6-7(11)4-5-9(8)15-3/h4-6H,11H2,1-3H3,(H,12,14). The Kier molecular flexibility index (Phi) is 3.51. The van der Waals surface area contributed by atoms with Gasteiger partial charge in [0.15, 0.2) is 0 Å². The third-order valence-corrected chi connectivity index (χ3v) is 1.79. The number of carbonyl (C=O) groups is 1. The molecule has 0 aliphatic rings. The topological polar surface area (TPSA) is 67.6 Å². The van der Waals surface area contributed by atoms with Crippen molar-refractivity contribution >= 4 is 11.6 Å². The van der Waals surface area contributed by atoms with Crippen molar-refractivity contribution in [3.63, 3.8) is 0 Å². The minimum absolute atomic E-state index is 0.246. The molecular weight excluding hydrogens is 194 g/mol. The molecule has 3 N–H and O–H groups in total. The smallest absolute Gasteiger partial charge is 0.269 e. The second-order valence-corrected chi connectivity index (χ2v) is 3.30. The van der Waals surface area contributed by atoms with Gasteiger partial charge >= 0.3 is 0 Å². The molecule has 5 heteroatoms. The van der Waals surface area contributed by atoms with E-state index in [9.17, 15) is 4.79 Å². The molecule has 1 aromatic rings. The Bertz CT molecular complexity index is 364. The summed E-state index contributed by atoms with van der Waals surface area (Å²) in [6.45, 7) is 0. The molecule has 0 aliphatic heterocycles. The zero-order chi connectivity index (χ0) is 11.4. The largest absolute Gasteiger partial charge is 0.496 e. The van der Waals surface area contributed by atoms with Gasteiger partial charge < -0.3 is 10.5 Å². The average molecular weight is 209 g/mol. The molecule has 0 fully saturated rings. The summed E-state index contributed by atoms with van der Waals surface area (Å²) < 4.78 is 5.07. The highest BCUT2D eigenvalue weighted by Crippen LogP contribution is 2.20. The van der Waals surface area contributed by atoms with E-state index in [4.69, 9.17) is 10.5 Å². The minimum Gasteiger partial charge on any atom is -0.496 e. The summed E-state index contributed by atoms with van der Waals surface area (Å²) in [4.78, 5) is 11.7. The van der Waals surface area contributed by atoms with Crippen LogP contribution in [0.15, 0.2) is 18.2 Å². The number of nitrogens with two attached hydrogens (primary N) is 1. The molecule has 0 bridgehead atoms. The number of hydrogen-bond acceptors (Lipinski definition) is 4. The third-order valence-electron chi connectivity index (χ3n) is 1.79. The molecule has 1 aromatic carbocycles. The fourth-order valence-corrected chi connectivity index (χ4v) is 1.17. The van der Waals surface area contributed by atoms with Gasteiger partial charge in [0.25, 0.3) is 5.91 Å². The minimum atomic E-state index is -0.246. The van der Waals surface area contributed by atoms with E-state index in [1.54, 1.807) is 37.3 Å². The SMILES string of the molecule is COc1ccc(N)cc1C(=O)NN(C)C. The van der Waals surface area contributed by atoms with Crippen molar-refractivity contribution in [3.05, 3.63) is 23.8 Å². The van der Waals surface area contributed by atoms with E-state index < -0.39 is 0 Å². The van der Waals surface area contributed by atoms with Crippen molar-refractivity contribution in [3.8, 4) is 5.75 Å². The summed E-state index contributed by atoms with van der Waals surface area (Å²) in [7, 11) is 4.98. The summed E-state index contributed by atoms with van der Waals surface area (Å²) in [6.07, 6.45) is 0. The molecule has 1 amide bonds. The number of nitrogen functional groups attached to an aromatic ring is 1. The van der Waals surface area contributed by atoms with Crippen LogP contribution in [0.5, 0.6) is 5.75 Å². The predicted octanol–water partition coefficient (Wildman–Crippen LogP) is 0.484. The highest BCUT2D eigenvalue weighted by atomic mass is 16.5. The van der Waals surface area contributed by atoms with Gasteiger partial charge in [0.05, 0.1) is 12.7 Å². The number of ether oxygens (including phenoxy) is 1. The van der Waals surface area contributed by atoms with Gasteiger partial charge in [-0.25, -0.2) is 5.01 Å². The summed E-state index contributed by atoms with van der Waals surface area (Å²) in [5, 5.41) is 1.56. The number of nitrogens with one attached hydrogen (secondary N) is 1. The number of hydrazine groups is 1. The molecule has 0 saturated heterocycles. The Balaban J connectivity index is 3.00. The summed E-state index contributed by atoms with van der Waals surface area (Å²) >= 11 is 0. The molecular formula is C10H15N3O2. The van der Waals surface area contributed by atoms with E-state index in [-0.39, 0.29) is 5.91 Å². The summed E-state index contributed by atoms with van der Waals surface area (Å²) in [6, 6.07) is 4.93. The Morgan fingerprint density at radius 2 is 2.13 bits per heavy atom. The lowest BCUT2D eigenvalue weighted by molar-refractivity contribution is 0.0854. The zero-order valence-corrected chi connectivity index (χ0v) is 9.07. The average Bonchev–Trinajstić information content (AvgIpc) is 2.16. The van der Waals surface area contributed by atoms with Crippen molar-refractivity contribution in [2.75, 3.05) is 26.9 Å².